The summed E-state index contributed by atoms with van der Waals surface area (Å²) in [5.41, 5.74) is 0.626. The molecule has 0 radical (unpaired) electrons. The second kappa shape index (κ2) is 5.26. The van der Waals surface area contributed by atoms with Crippen molar-refractivity contribution < 1.29 is 4.79 Å². The molecule has 0 aliphatic rings. The molecule has 0 bridgehead atoms. The highest BCUT2D eigenvalue weighted by atomic mass is 79.9. The highest BCUT2D eigenvalue weighted by Gasteiger charge is 2.12. The summed E-state index contributed by atoms with van der Waals surface area (Å²) in [4.78, 5) is 17.6. The Hall–Kier alpha value is -0.900. The first kappa shape index (κ1) is 12.2. The van der Waals surface area contributed by atoms with Crippen molar-refractivity contribution in [2.45, 2.75) is 13.8 Å². The average molecular weight is 271 g/mol. The third-order valence-electron chi connectivity index (χ3n) is 1.96. The minimum absolute atomic E-state index is 0.0173. The van der Waals surface area contributed by atoms with Crippen molar-refractivity contribution in [3.63, 3.8) is 0 Å². The molecule has 15 heavy (non-hydrogen) atoms. The molecule has 1 aromatic heterocycles. The van der Waals surface area contributed by atoms with Crippen LogP contribution in [0.2, 0.25) is 0 Å². The summed E-state index contributed by atoms with van der Waals surface area (Å²) in [6.45, 7) is 4.93. The van der Waals surface area contributed by atoms with Crippen molar-refractivity contribution in [3.8, 4) is 0 Å². The van der Waals surface area contributed by atoms with E-state index in [0.717, 1.165) is 11.1 Å². The quantitative estimate of drug-likeness (QED) is 0.791. The van der Waals surface area contributed by atoms with Gasteiger partial charge < -0.3 is 4.90 Å². The van der Waals surface area contributed by atoms with Gasteiger partial charge in [-0.25, -0.2) is 4.98 Å². The number of halogens is 1. The predicted molar refractivity (Wildman–Crippen MR) is 63.7 cm³/mol. The summed E-state index contributed by atoms with van der Waals surface area (Å²) in [6, 6.07) is 3.55. The molecule has 4 heteroatoms. The van der Waals surface area contributed by atoms with Crippen LogP contribution in [0.15, 0.2) is 22.9 Å². The minimum Gasteiger partial charge on any atom is -0.341 e. The minimum atomic E-state index is 0.0173. The maximum Gasteiger partial charge on any atom is 0.255 e. The van der Waals surface area contributed by atoms with E-state index in [0.29, 0.717) is 11.5 Å². The molecule has 1 rings (SSSR count). The normalized spacial score (nSPS) is 10.5. The average Bonchev–Trinajstić information content (AvgIpc) is 2.17. The van der Waals surface area contributed by atoms with E-state index in [2.05, 4.69) is 34.8 Å². The number of amides is 1. The van der Waals surface area contributed by atoms with Gasteiger partial charge in [0.15, 0.2) is 0 Å². The zero-order valence-corrected chi connectivity index (χ0v) is 10.8. The van der Waals surface area contributed by atoms with Gasteiger partial charge in [-0.3, -0.25) is 4.79 Å². The van der Waals surface area contributed by atoms with E-state index in [1.165, 1.54) is 0 Å². The zero-order chi connectivity index (χ0) is 11.4. The number of hydrogen-bond acceptors (Lipinski definition) is 2. The van der Waals surface area contributed by atoms with E-state index in [1.807, 2.05) is 7.05 Å². The lowest BCUT2D eigenvalue weighted by molar-refractivity contribution is 0.0778. The summed E-state index contributed by atoms with van der Waals surface area (Å²) >= 11 is 3.24. The van der Waals surface area contributed by atoms with Crippen molar-refractivity contribution in [2.24, 2.45) is 5.92 Å². The van der Waals surface area contributed by atoms with Crippen LogP contribution in [0.25, 0.3) is 0 Å². The Morgan fingerprint density at radius 2 is 2.20 bits per heavy atom. The van der Waals surface area contributed by atoms with Gasteiger partial charge in [0.25, 0.3) is 5.91 Å². The van der Waals surface area contributed by atoms with Crippen molar-refractivity contribution >= 4 is 21.8 Å². The smallest absolute Gasteiger partial charge is 0.255 e. The highest BCUT2D eigenvalue weighted by Crippen LogP contribution is 2.09. The van der Waals surface area contributed by atoms with Crippen LogP contribution in [-0.2, 0) is 0 Å². The van der Waals surface area contributed by atoms with E-state index < -0.39 is 0 Å². The Kier molecular flexibility index (Phi) is 4.27. The summed E-state index contributed by atoms with van der Waals surface area (Å²) in [5.74, 6) is 0.492. The molecular weight excluding hydrogens is 256 g/mol. The van der Waals surface area contributed by atoms with Gasteiger partial charge in [-0.05, 0) is 34.0 Å². The van der Waals surface area contributed by atoms with Crippen LogP contribution in [-0.4, -0.2) is 29.4 Å². The van der Waals surface area contributed by atoms with E-state index in [9.17, 15) is 4.79 Å². The largest absolute Gasteiger partial charge is 0.341 e. The van der Waals surface area contributed by atoms with E-state index in [-0.39, 0.29) is 5.91 Å². The fraction of sp³-hybridized carbons (Fsp3) is 0.455. The van der Waals surface area contributed by atoms with E-state index >= 15 is 0 Å². The molecule has 0 aliphatic carbocycles. The maximum absolute atomic E-state index is 11.9. The Bertz CT molecular complexity index is 335. The number of rotatable bonds is 3. The van der Waals surface area contributed by atoms with Gasteiger partial charge in [-0.15, -0.1) is 0 Å². The molecule has 0 saturated carbocycles. The standard InChI is InChI=1S/C11H15BrN2O/c1-8(2)7-14(3)11(15)9-4-5-10(12)13-6-9/h4-6,8H,7H2,1-3H3. The van der Waals surface area contributed by atoms with Crippen LogP contribution < -0.4 is 0 Å². The predicted octanol–water partition coefficient (Wildman–Crippen LogP) is 2.57. The van der Waals surface area contributed by atoms with E-state index in [4.69, 9.17) is 0 Å². The molecule has 0 aliphatic heterocycles. The molecule has 0 saturated heterocycles. The molecule has 0 spiro atoms. The molecule has 0 aromatic carbocycles. The lowest BCUT2D eigenvalue weighted by Crippen LogP contribution is -2.30. The Morgan fingerprint density at radius 3 is 2.67 bits per heavy atom. The van der Waals surface area contributed by atoms with Gasteiger partial charge in [0, 0.05) is 19.8 Å². The summed E-state index contributed by atoms with van der Waals surface area (Å²) in [7, 11) is 1.81. The molecule has 3 nitrogen and oxygen atoms in total. The molecule has 0 fully saturated rings. The number of nitrogens with zero attached hydrogens (tertiary/aromatic N) is 2. The summed E-state index contributed by atoms with van der Waals surface area (Å²) in [6.07, 6.45) is 1.59. The Balaban J connectivity index is 2.72. The highest BCUT2D eigenvalue weighted by molar-refractivity contribution is 9.10. The molecule has 0 atom stereocenters. The second-order valence-corrected chi connectivity index (χ2v) is 4.76. The molecule has 1 aromatic rings. The topological polar surface area (TPSA) is 33.2 Å². The molecular formula is C11H15BrN2O. The Morgan fingerprint density at radius 1 is 1.53 bits per heavy atom. The molecule has 0 unspecified atom stereocenters. The monoisotopic (exact) mass is 270 g/mol. The Labute approximate surface area is 98.6 Å². The zero-order valence-electron chi connectivity index (χ0n) is 9.20. The van der Waals surface area contributed by atoms with E-state index in [1.54, 1.807) is 23.2 Å². The maximum atomic E-state index is 11.9. The number of pyridine rings is 1. The number of aromatic nitrogens is 1. The molecule has 1 heterocycles. The first-order valence-electron chi connectivity index (χ1n) is 4.87. The first-order chi connectivity index (χ1) is 7.00. The van der Waals surface area contributed by atoms with Crippen molar-refractivity contribution in [1.29, 1.82) is 0 Å². The lowest BCUT2D eigenvalue weighted by Gasteiger charge is -2.19. The van der Waals surface area contributed by atoms with Crippen LogP contribution in [0, 0.1) is 5.92 Å². The third-order valence-corrected chi connectivity index (χ3v) is 2.43. The van der Waals surface area contributed by atoms with Gasteiger partial charge in [-0.2, -0.15) is 0 Å². The van der Waals surface area contributed by atoms with Crippen molar-refractivity contribution in [1.82, 2.24) is 9.88 Å². The van der Waals surface area contributed by atoms with Crippen LogP contribution in [0.4, 0.5) is 0 Å². The fourth-order valence-electron chi connectivity index (χ4n) is 1.35. The van der Waals surface area contributed by atoms with Gasteiger partial charge in [0.1, 0.15) is 4.60 Å². The van der Waals surface area contributed by atoms with Crippen LogP contribution >= 0.6 is 15.9 Å². The lowest BCUT2D eigenvalue weighted by atomic mass is 10.2. The van der Waals surface area contributed by atoms with Gasteiger partial charge in [0.2, 0.25) is 0 Å². The summed E-state index contributed by atoms with van der Waals surface area (Å²) < 4.78 is 0.741. The third kappa shape index (κ3) is 3.63. The van der Waals surface area contributed by atoms with Gasteiger partial charge in [-0.1, -0.05) is 13.8 Å². The van der Waals surface area contributed by atoms with Crippen LogP contribution in [0.3, 0.4) is 0 Å². The summed E-state index contributed by atoms with van der Waals surface area (Å²) in [5, 5.41) is 0. The fourth-order valence-corrected chi connectivity index (χ4v) is 1.59. The van der Waals surface area contributed by atoms with Crippen LogP contribution in [0.1, 0.15) is 24.2 Å². The molecule has 82 valence electrons. The molecule has 1 amide bonds. The van der Waals surface area contributed by atoms with Gasteiger partial charge >= 0.3 is 0 Å². The number of carbonyl (C=O) groups is 1. The molecule has 0 N–H and O–H groups in total. The van der Waals surface area contributed by atoms with Crippen molar-refractivity contribution in [3.05, 3.63) is 28.5 Å². The number of carbonyl (C=O) groups excluding carboxylic acids is 1. The first-order valence-corrected chi connectivity index (χ1v) is 5.67. The van der Waals surface area contributed by atoms with Crippen LogP contribution in [0.5, 0.6) is 0 Å². The second-order valence-electron chi connectivity index (χ2n) is 3.95. The van der Waals surface area contributed by atoms with Crippen molar-refractivity contribution in [2.75, 3.05) is 13.6 Å². The SMILES string of the molecule is CC(C)CN(C)C(=O)c1ccc(Br)nc1. The number of hydrogen-bond donors (Lipinski definition) is 0. The van der Waals surface area contributed by atoms with Gasteiger partial charge in [0.05, 0.1) is 5.56 Å².